The van der Waals surface area contributed by atoms with E-state index in [2.05, 4.69) is 5.10 Å². The quantitative estimate of drug-likeness (QED) is 0.742. The highest BCUT2D eigenvalue weighted by Gasteiger charge is 2.12. The number of hydrogen-bond acceptors (Lipinski definition) is 2. The van der Waals surface area contributed by atoms with Crippen LogP contribution in [0.3, 0.4) is 0 Å². The van der Waals surface area contributed by atoms with Crippen molar-refractivity contribution in [2.75, 3.05) is 0 Å². The van der Waals surface area contributed by atoms with Crippen molar-refractivity contribution in [1.29, 1.82) is 0 Å². The minimum Gasteiger partial charge on any atom is -0.478 e. The van der Waals surface area contributed by atoms with Gasteiger partial charge in [0.25, 0.3) is 0 Å². The molecule has 0 aliphatic carbocycles. The van der Waals surface area contributed by atoms with Crippen LogP contribution in [0.1, 0.15) is 16.8 Å². The number of aromatic nitrogens is 2. The number of halogens is 2. The number of benzene rings is 2. The fourth-order valence-corrected chi connectivity index (χ4v) is 2.52. The molecule has 0 radical (unpaired) electrons. The Labute approximate surface area is 136 Å². The average Bonchev–Trinajstić information content (AvgIpc) is 2.85. The van der Waals surface area contributed by atoms with Gasteiger partial charge in [-0.1, -0.05) is 17.7 Å². The first-order valence-corrected chi connectivity index (χ1v) is 7.26. The lowest BCUT2D eigenvalue weighted by Crippen LogP contribution is -2.04. The fourth-order valence-electron chi connectivity index (χ4n) is 2.52. The summed E-state index contributed by atoms with van der Waals surface area (Å²) >= 11 is 0. The summed E-state index contributed by atoms with van der Waals surface area (Å²) in [5.74, 6) is -2.36. The lowest BCUT2D eigenvalue weighted by molar-refractivity contribution is -0.131. The zero-order chi connectivity index (χ0) is 17.3. The SMILES string of the molecule is Cc1ccc2c(c1)c(/C=C/C(=O)O)nn2Cc1ccc(F)cc1F. The molecule has 0 spiro atoms. The van der Waals surface area contributed by atoms with Gasteiger partial charge >= 0.3 is 5.97 Å². The molecule has 24 heavy (non-hydrogen) atoms. The van der Waals surface area contributed by atoms with Crippen molar-refractivity contribution in [2.24, 2.45) is 0 Å². The molecule has 0 aliphatic heterocycles. The Hall–Kier alpha value is -3.02. The Bertz CT molecular complexity index is 961. The number of hydrogen-bond donors (Lipinski definition) is 1. The second kappa shape index (κ2) is 6.23. The van der Waals surface area contributed by atoms with E-state index in [1.54, 1.807) is 4.68 Å². The first-order chi connectivity index (χ1) is 11.4. The van der Waals surface area contributed by atoms with E-state index in [4.69, 9.17) is 5.11 Å². The number of fused-ring (bicyclic) bond motifs is 1. The van der Waals surface area contributed by atoms with Crippen LogP contribution < -0.4 is 0 Å². The molecule has 0 aliphatic rings. The Balaban J connectivity index is 2.09. The van der Waals surface area contributed by atoms with Gasteiger partial charge in [-0.15, -0.1) is 0 Å². The van der Waals surface area contributed by atoms with E-state index in [0.29, 0.717) is 11.3 Å². The fraction of sp³-hybridized carbons (Fsp3) is 0.111. The van der Waals surface area contributed by atoms with E-state index in [1.807, 2.05) is 25.1 Å². The standard InChI is InChI=1S/C18H14F2N2O2/c1-11-2-6-17-14(8-11)16(5-7-18(23)24)21-22(17)10-12-3-4-13(19)9-15(12)20/h2-9H,10H2,1H3,(H,23,24)/b7-5+. The molecule has 1 heterocycles. The minimum atomic E-state index is -1.07. The number of carboxylic acids is 1. The normalized spacial score (nSPS) is 11.5. The van der Waals surface area contributed by atoms with E-state index >= 15 is 0 Å². The molecule has 6 heteroatoms. The highest BCUT2D eigenvalue weighted by molar-refractivity contribution is 5.92. The summed E-state index contributed by atoms with van der Waals surface area (Å²) < 4.78 is 28.5. The maximum Gasteiger partial charge on any atom is 0.328 e. The summed E-state index contributed by atoms with van der Waals surface area (Å²) in [6.45, 7) is 2.04. The first-order valence-electron chi connectivity index (χ1n) is 7.26. The average molecular weight is 328 g/mol. The molecule has 0 bridgehead atoms. The van der Waals surface area contributed by atoms with Gasteiger partial charge < -0.3 is 5.11 Å². The Morgan fingerprint density at radius 3 is 2.75 bits per heavy atom. The molecule has 0 fully saturated rings. The lowest BCUT2D eigenvalue weighted by atomic mass is 10.1. The van der Waals surface area contributed by atoms with Gasteiger partial charge in [0.15, 0.2) is 0 Å². The van der Waals surface area contributed by atoms with Crippen LogP contribution in [0.5, 0.6) is 0 Å². The Morgan fingerprint density at radius 1 is 1.25 bits per heavy atom. The van der Waals surface area contributed by atoms with Crippen LogP contribution in [0.2, 0.25) is 0 Å². The van der Waals surface area contributed by atoms with Crippen molar-refractivity contribution in [2.45, 2.75) is 13.5 Å². The van der Waals surface area contributed by atoms with Crippen molar-refractivity contribution in [3.63, 3.8) is 0 Å². The number of carbonyl (C=O) groups is 1. The van der Waals surface area contributed by atoms with Gasteiger partial charge in [-0.2, -0.15) is 5.10 Å². The molecule has 1 aromatic heterocycles. The number of aliphatic carboxylic acids is 1. The largest absolute Gasteiger partial charge is 0.478 e. The second-order valence-electron chi connectivity index (χ2n) is 5.47. The third-order valence-electron chi connectivity index (χ3n) is 3.65. The second-order valence-corrected chi connectivity index (χ2v) is 5.47. The first kappa shape index (κ1) is 15.9. The van der Waals surface area contributed by atoms with Crippen molar-refractivity contribution >= 4 is 22.9 Å². The molecule has 2 aromatic carbocycles. The zero-order valence-corrected chi connectivity index (χ0v) is 12.8. The summed E-state index contributed by atoms with van der Waals surface area (Å²) in [6.07, 6.45) is 2.41. The van der Waals surface area contributed by atoms with Crippen LogP contribution >= 0.6 is 0 Å². The van der Waals surface area contributed by atoms with E-state index < -0.39 is 17.6 Å². The number of aryl methyl sites for hydroxylation is 1. The van der Waals surface area contributed by atoms with Gasteiger partial charge in [0.05, 0.1) is 17.8 Å². The van der Waals surface area contributed by atoms with Gasteiger partial charge in [-0.05, 0) is 31.2 Å². The zero-order valence-electron chi connectivity index (χ0n) is 12.8. The van der Waals surface area contributed by atoms with Crippen molar-refractivity contribution in [3.8, 4) is 0 Å². The molecule has 3 rings (SSSR count). The number of rotatable bonds is 4. The molecule has 3 aromatic rings. The summed E-state index contributed by atoms with van der Waals surface area (Å²) in [6, 6.07) is 9.03. The van der Waals surface area contributed by atoms with Crippen LogP contribution in [-0.4, -0.2) is 20.9 Å². The Kier molecular flexibility index (Phi) is 4.12. The highest BCUT2D eigenvalue weighted by atomic mass is 19.1. The summed E-state index contributed by atoms with van der Waals surface area (Å²) in [5, 5.41) is 13.9. The number of nitrogens with zero attached hydrogens (tertiary/aromatic N) is 2. The molecular formula is C18H14F2N2O2. The predicted molar refractivity (Wildman–Crippen MR) is 86.6 cm³/mol. The predicted octanol–water partition coefficient (Wildman–Crippen LogP) is 3.77. The van der Waals surface area contributed by atoms with Crippen LogP contribution in [0.15, 0.2) is 42.5 Å². The topological polar surface area (TPSA) is 55.1 Å². The van der Waals surface area contributed by atoms with E-state index in [9.17, 15) is 13.6 Å². The van der Waals surface area contributed by atoms with Crippen molar-refractivity contribution in [3.05, 3.63) is 70.9 Å². The maximum absolute atomic E-state index is 13.9. The lowest BCUT2D eigenvalue weighted by Gasteiger charge is -2.05. The molecular weight excluding hydrogens is 314 g/mol. The van der Waals surface area contributed by atoms with Gasteiger partial charge in [0, 0.05) is 23.1 Å². The monoisotopic (exact) mass is 328 g/mol. The van der Waals surface area contributed by atoms with Crippen molar-refractivity contribution in [1.82, 2.24) is 9.78 Å². The molecule has 0 atom stereocenters. The van der Waals surface area contributed by atoms with E-state index in [-0.39, 0.29) is 6.54 Å². The Morgan fingerprint density at radius 2 is 2.04 bits per heavy atom. The van der Waals surface area contributed by atoms with E-state index in [1.165, 1.54) is 18.2 Å². The summed E-state index contributed by atoms with van der Waals surface area (Å²) in [4.78, 5) is 10.7. The van der Waals surface area contributed by atoms with Gasteiger partial charge in [-0.3, -0.25) is 4.68 Å². The molecule has 1 N–H and O–H groups in total. The molecule has 4 nitrogen and oxygen atoms in total. The molecule has 122 valence electrons. The molecule has 0 unspecified atom stereocenters. The third kappa shape index (κ3) is 3.17. The minimum absolute atomic E-state index is 0.118. The third-order valence-corrected chi connectivity index (χ3v) is 3.65. The van der Waals surface area contributed by atoms with Crippen LogP contribution in [-0.2, 0) is 11.3 Å². The van der Waals surface area contributed by atoms with Gasteiger partial charge in [0.1, 0.15) is 11.6 Å². The van der Waals surface area contributed by atoms with Crippen LogP contribution in [0.25, 0.3) is 17.0 Å². The maximum atomic E-state index is 13.9. The smallest absolute Gasteiger partial charge is 0.328 e. The molecule has 0 amide bonds. The van der Waals surface area contributed by atoms with E-state index in [0.717, 1.165) is 28.6 Å². The number of carboxylic acid groups (broad SMARTS) is 1. The van der Waals surface area contributed by atoms with Crippen LogP contribution in [0, 0.1) is 18.6 Å². The van der Waals surface area contributed by atoms with Crippen LogP contribution in [0.4, 0.5) is 8.78 Å². The molecule has 0 saturated heterocycles. The highest BCUT2D eigenvalue weighted by Crippen LogP contribution is 2.23. The molecule has 0 saturated carbocycles. The van der Waals surface area contributed by atoms with Crippen molar-refractivity contribution < 1.29 is 18.7 Å². The van der Waals surface area contributed by atoms with Gasteiger partial charge in [0.2, 0.25) is 0 Å². The summed E-state index contributed by atoms with van der Waals surface area (Å²) in [7, 11) is 0. The summed E-state index contributed by atoms with van der Waals surface area (Å²) in [5.41, 5.74) is 2.53. The van der Waals surface area contributed by atoms with Gasteiger partial charge in [-0.25, -0.2) is 13.6 Å².